The second-order valence-electron chi connectivity index (χ2n) is 4.22. The van der Waals surface area contributed by atoms with Crippen molar-refractivity contribution in [2.45, 2.75) is 0 Å². The van der Waals surface area contributed by atoms with Crippen molar-refractivity contribution in [1.29, 1.82) is 0 Å². The molecule has 0 heterocycles. The van der Waals surface area contributed by atoms with Crippen LogP contribution in [0.25, 0.3) is 11.1 Å². The lowest BCUT2D eigenvalue weighted by molar-refractivity contribution is 0.100. The second kappa shape index (κ2) is 6.16. The second-order valence-corrected chi connectivity index (χ2v) is 4.22. The van der Waals surface area contributed by atoms with E-state index in [2.05, 4.69) is 0 Å². The molecule has 0 unspecified atom stereocenters. The van der Waals surface area contributed by atoms with Gasteiger partial charge in [0.15, 0.2) is 0 Å². The van der Waals surface area contributed by atoms with Crippen molar-refractivity contribution in [3.63, 3.8) is 0 Å². The number of carbonyl (C=O) groups excluding carboxylic acids is 1. The van der Waals surface area contributed by atoms with Gasteiger partial charge in [0, 0.05) is 17.7 Å². The highest BCUT2D eigenvalue weighted by molar-refractivity contribution is 5.94. The molecule has 0 aliphatic rings. The SMILES string of the molecule is NCCOc1ccc(C(N)=O)cc1-c1ccc(F)cc1. The number of halogens is 1. The average molecular weight is 274 g/mol. The lowest BCUT2D eigenvalue weighted by Crippen LogP contribution is -2.13. The first-order chi connectivity index (χ1) is 9.61. The minimum Gasteiger partial charge on any atom is -0.492 e. The van der Waals surface area contributed by atoms with Crippen molar-refractivity contribution >= 4 is 5.91 Å². The van der Waals surface area contributed by atoms with E-state index in [9.17, 15) is 9.18 Å². The molecule has 5 heteroatoms. The van der Waals surface area contributed by atoms with E-state index in [1.54, 1.807) is 30.3 Å². The highest BCUT2D eigenvalue weighted by atomic mass is 19.1. The Morgan fingerprint density at radius 1 is 1.15 bits per heavy atom. The van der Waals surface area contributed by atoms with E-state index in [0.29, 0.717) is 30.0 Å². The smallest absolute Gasteiger partial charge is 0.248 e. The van der Waals surface area contributed by atoms with Gasteiger partial charge in [0.1, 0.15) is 18.2 Å². The van der Waals surface area contributed by atoms with Crippen LogP contribution in [0.4, 0.5) is 4.39 Å². The molecule has 0 aliphatic carbocycles. The summed E-state index contributed by atoms with van der Waals surface area (Å²) in [7, 11) is 0. The molecule has 0 saturated carbocycles. The van der Waals surface area contributed by atoms with Gasteiger partial charge in [0.25, 0.3) is 0 Å². The quantitative estimate of drug-likeness (QED) is 0.874. The summed E-state index contributed by atoms with van der Waals surface area (Å²) in [4.78, 5) is 11.3. The molecule has 0 aromatic heterocycles. The van der Waals surface area contributed by atoms with Crippen molar-refractivity contribution in [1.82, 2.24) is 0 Å². The minimum atomic E-state index is -0.529. The third-order valence-electron chi connectivity index (χ3n) is 2.79. The molecular weight excluding hydrogens is 259 g/mol. The number of ether oxygens (including phenoxy) is 1. The summed E-state index contributed by atoms with van der Waals surface area (Å²) in [6, 6.07) is 10.8. The summed E-state index contributed by atoms with van der Waals surface area (Å²) in [6.45, 7) is 0.727. The van der Waals surface area contributed by atoms with Crippen LogP contribution in [0.15, 0.2) is 42.5 Å². The van der Waals surface area contributed by atoms with Crippen LogP contribution in [0.1, 0.15) is 10.4 Å². The number of nitrogens with two attached hydrogens (primary N) is 2. The van der Waals surface area contributed by atoms with Gasteiger partial charge in [-0.1, -0.05) is 12.1 Å². The first-order valence-corrected chi connectivity index (χ1v) is 6.14. The van der Waals surface area contributed by atoms with Gasteiger partial charge < -0.3 is 16.2 Å². The number of primary amides is 1. The fourth-order valence-corrected chi connectivity index (χ4v) is 1.83. The van der Waals surface area contributed by atoms with Gasteiger partial charge in [-0.05, 0) is 35.9 Å². The Balaban J connectivity index is 2.47. The summed E-state index contributed by atoms with van der Waals surface area (Å²) < 4.78 is 18.5. The van der Waals surface area contributed by atoms with Crippen LogP contribution in [0.2, 0.25) is 0 Å². The zero-order chi connectivity index (χ0) is 14.5. The van der Waals surface area contributed by atoms with E-state index in [-0.39, 0.29) is 5.82 Å². The Bertz CT molecular complexity index is 612. The molecule has 1 amide bonds. The van der Waals surface area contributed by atoms with Crippen molar-refractivity contribution in [3.05, 3.63) is 53.8 Å². The summed E-state index contributed by atoms with van der Waals surface area (Å²) in [5.41, 5.74) is 12.5. The highest BCUT2D eigenvalue weighted by Gasteiger charge is 2.10. The van der Waals surface area contributed by atoms with Crippen LogP contribution in [-0.2, 0) is 0 Å². The lowest BCUT2D eigenvalue weighted by Gasteiger charge is -2.12. The minimum absolute atomic E-state index is 0.329. The van der Waals surface area contributed by atoms with Crippen LogP contribution < -0.4 is 16.2 Å². The monoisotopic (exact) mass is 274 g/mol. The van der Waals surface area contributed by atoms with E-state index in [1.807, 2.05) is 0 Å². The van der Waals surface area contributed by atoms with Gasteiger partial charge >= 0.3 is 0 Å². The molecule has 0 spiro atoms. The molecule has 4 nitrogen and oxygen atoms in total. The molecule has 104 valence electrons. The van der Waals surface area contributed by atoms with E-state index >= 15 is 0 Å². The van der Waals surface area contributed by atoms with Crippen LogP contribution in [-0.4, -0.2) is 19.1 Å². The molecule has 0 fully saturated rings. The Hall–Kier alpha value is -2.40. The Morgan fingerprint density at radius 3 is 2.45 bits per heavy atom. The summed E-state index contributed by atoms with van der Waals surface area (Å²) in [5, 5.41) is 0. The number of benzene rings is 2. The number of hydrogen-bond donors (Lipinski definition) is 2. The topological polar surface area (TPSA) is 78.3 Å². The van der Waals surface area contributed by atoms with E-state index < -0.39 is 5.91 Å². The fraction of sp³-hybridized carbons (Fsp3) is 0.133. The van der Waals surface area contributed by atoms with Gasteiger partial charge in [-0.2, -0.15) is 0 Å². The number of amides is 1. The number of rotatable bonds is 5. The summed E-state index contributed by atoms with van der Waals surface area (Å²) >= 11 is 0. The van der Waals surface area contributed by atoms with E-state index in [4.69, 9.17) is 16.2 Å². The first-order valence-electron chi connectivity index (χ1n) is 6.14. The van der Waals surface area contributed by atoms with Gasteiger partial charge in [0.2, 0.25) is 5.91 Å². The van der Waals surface area contributed by atoms with Crippen molar-refractivity contribution < 1.29 is 13.9 Å². The molecule has 0 aliphatic heterocycles. The normalized spacial score (nSPS) is 10.3. The van der Waals surface area contributed by atoms with Crippen molar-refractivity contribution in [2.24, 2.45) is 11.5 Å². The highest BCUT2D eigenvalue weighted by Crippen LogP contribution is 2.31. The van der Waals surface area contributed by atoms with Crippen molar-refractivity contribution in [3.8, 4) is 16.9 Å². The number of carbonyl (C=O) groups is 1. The third kappa shape index (κ3) is 3.13. The molecule has 2 aromatic carbocycles. The third-order valence-corrected chi connectivity index (χ3v) is 2.79. The van der Waals surface area contributed by atoms with E-state index in [1.165, 1.54) is 12.1 Å². The van der Waals surface area contributed by atoms with Gasteiger partial charge in [-0.3, -0.25) is 4.79 Å². The van der Waals surface area contributed by atoms with Crippen LogP contribution in [0.5, 0.6) is 5.75 Å². The Labute approximate surface area is 116 Å². The molecule has 20 heavy (non-hydrogen) atoms. The molecule has 0 bridgehead atoms. The Morgan fingerprint density at radius 2 is 1.85 bits per heavy atom. The van der Waals surface area contributed by atoms with Gasteiger partial charge in [-0.25, -0.2) is 4.39 Å². The predicted octanol–water partition coefficient (Wildman–Crippen LogP) is 1.93. The zero-order valence-corrected chi connectivity index (χ0v) is 10.8. The maximum absolute atomic E-state index is 13.0. The summed E-state index contributed by atoms with van der Waals surface area (Å²) in [6.07, 6.45) is 0. The maximum Gasteiger partial charge on any atom is 0.248 e. The molecule has 0 radical (unpaired) electrons. The predicted molar refractivity (Wildman–Crippen MR) is 74.9 cm³/mol. The molecule has 4 N–H and O–H groups in total. The van der Waals surface area contributed by atoms with E-state index in [0.717, 1.165) is 5.56 Å². The fourth-order valence-electron chi connectivity index (χ4n) is 1.83. The molecule has 2 aromatic rings. The summed E-state index contributed by atoms with van der Waals surface area (Å²) in [5.74, 6) is -0.282. The van der Waals surface area contributed by atoms with Crippen LogP contribution in [0, 0.1) is 5.82 Å². The van der Waals surface area contributed by atoms with Crippen LogP contribution in [0.3, 0.4) is 0 Å². The molecule has 0 atom stereocenters. The largest absolute Gasteiger partial charge is 0.492 e. The standard InChI is InChI=1S/C15H15FN2O2/c16-12-4-1-10(2-5-12)13-9-11(15(18)19)3-6-14(13)20-8-7-17/h1-6,9H,7-8,17H2,(H2,18,19). The molecule has 0 saturated heterocycles. The zero-order valence-electron chi connectivity index (χ0n) is 10.8. The van der Waals surface area contributed by atoms with Crippen molar-refractivity contribution in [2.75, 3.05) is 13.2 Å². The first kappa shape index (κ1) is 14.0. The average Bonchev–Trinajstić information content (AvgIpc) is 2.45. The maximum atomic E-state index is 13.0. The van der Waals surface area contributed by atoms with Gasteiger partial charge in [-0.15, -0.1) is 0 Å². The molecular formula is C15H15FN2O2. The molecule has 2 rings (SSSR count). The Kier molecular flexibility index (Phi) is 4.32. The number of hydrogen-bond acceptors (Lipinski definition) is 3. The van der Waals surface area contributed by atoms with Crippen LogP contribution >= 0.6 is 0 Å². The van der Waals surface area contributed by atoms with Gasteiger partial charge in [0.05, 0.1) is 0 Å². The lowest BCUT2D eigenvalue weighted by atomic mass is 10.0.